The maximum Gasteiger partial charge on any atom is 0.257 e. The fourth-order valence-corrected chi connectivity index (χ4v) is 3.14. The molecule has 2 fully saturated rings. The van der Waals surface area contributed by atoms with Crippen molar-refractivity contribution in [2.45, 2.75) is 31.8 Å². The summed E-state index contributed by atoms with van der Waals surface area (Å²) < 4.78 is 5.68. The molecular formula is C16H23N3O2. The zero-order valence-corrected chi connectivity index (χ0v) is 12.6. The standard InChI is InChI=1S/C16H23N3O2/c1-18(12-13-6-5-11-21-13)15-14(7-4-8-17-15)16(20)19-9-2-3-10-19/h4,7-8,13H,2-3,5-6,9-12H2,1H3. The van der Waals surface area contributed by atoms with Gasteiger partial charge in [0, 0.05) is 39.5 Å². The van der Waals surface area contributed by atoms with E-state index in [4.69, 9.17) is 4.74 Å². The van der Waals surface area contributed by atoms with E-state index < -0.39 is 0 Å². The second kappa shape index (κ2) is 6.43. The average Bonchev–Trinajstić information content (AvgIpc) is 3.19. The molecule has 0 radical (unpaired) electrons. The fraction of sp³-hybridized carbons (Fsp3) is 0.625. The minimum atomic E-state index is 0.106. The van der Waals surface area contributed by atoms with Gasteiger partial charge in [0.15, 0.2) is 0 Å². The SMILES string of the molecule is CN(CC1CCCO1)c1ncccc1C(=O)N1CCCC1. The second-order valence-corrected chi connectivity index (χ2v) is 5.89. The summed E-state index contributed by atoms with van der Waals surface area (Å²) in [6.45, 7) is 3.36. The number of hydrogen-bond donors (Lipinski definition) is 0. The summed E-state index contributed by atoms with van der Waals surface area (Å²) in [6.07, 6.45) is 6.43. The Hall–Kier alpha value is -1.62. The molecule has 5 heteroatoms. The van der Waals surface area contributed by atoms with E-state index in [2.05, 4.69) is 9.88 Å². The van der Waals surface area contributed by atoms with Crippen molar-refractivity contribution >= 4 is 11.7 Å². The molecular weight excluding hydrogens is 266 g/mol. The van der Waals surface area contributed by atoms with Crippen LogP contribution in [0.15, 0.2) is 18.3 Å². The Kier molecular flexibility index (Phi) is 4.39. The Morgan fingerprint density at radius 1 is 1.43 bits per heavy atom. The first-order valence-electron chi connectivity index (χ1n) is 7.83. The van der Waals surface area contributed by atoms with Crippen LogP contribution in [-0.2, 0) is 4.74 Å². The molecule has 0 bridgehead atoms. The van der Waals surface area contributed by atoms with Gasteiger partial charge in [-0.2, -0.15) is 0 Å². The van der Waals surface area contributed by atoms with Gasteiger partial charge in [-0.1, -0.05) is 0 Å². The molecule has 0 aromatic carbocycles. The molecule has 3 heterocycles. The minimum absolute atomic E-state index is 0.106. The van der Waals surface area contributed by atoms with Crippen LogP contribution < -0.4 is 4.90 Å². The molecule has 3 rings (SSSR count). The molecule has 2 aliphatic rings. The van der Waals surface area contributed by atoms with Crippen LogP contribution in [0.3, 0.4) is 0 Å². The van der Waals surface area contributed by atoms with E-state index in [1.165, 1.54) is 0 Å². The van der Waals surface area contributed by atoms with Crippen LogP contribution in [0.25, 0.3) is 0 Å². The molecule has 1 aromatic heterocycles. The Labute approximate surface area is 125 Å². The molecule has 1 amide bonds. The number of carbonyl (C=O) groups is 1. The van der Waals surface area contributed by atoms with Crippen LogP contribution in [0.2, 0.25) is 0 Å². The van der Waals surface area contributed by atoms with E-state index in [0.717, 1.165) is 57.7 Å². The van der Waals surface area contributed by atoms with Crippen molar-refractivity contribution in [2.24, 2.45) is 0 Å². The highest BCUT2D eigenvalue weighted by molar-refractivity contribution is 5.99. The first-order chi connectivity index (χ1) is 10.3. The van der Waals surface area contributed by atoms with Crippen LogP contribution in [0.5, 0.6) is 0 Å². The molecule has 0 spiro atoms. The lowest BCUT2D eigenvalue weighted by Crippen LogP contribution is -2.33. The van der Waals surface area contributed by atoms with Crippen molar-refractivity contribution in [3.05, 3.63) is 23.9 Å². The first kappa shape index (κ1) is 14.3. The Bertz CT molecular complexity index is 494. The van der Waals surface area contributed by atoms with E-state index in [1.807, 2.05) is 24.1 Å². The maximum atomic E-state index is 12.6. The van der Waals surface area contributed by atoms with Crippen molar-refractivity contribution in [2.75, 3.05) is 38.2 Å². The summed E-state index contributed by atoms with van der Waals surface area (Å²) in [5, 5.41) is 0. The Balaban J connectivity index is 1.76. The van der Waals surface area contributed by atoms with Gasteiger partial charge in [0.25, 0.3) is 5.91 Å². The van der Waals surface area contributed by atoms with Gasteiger partial charge >= 0.3 is 0 Å². The minimum Gasteiger partial charge on any atom is -0.376 e. The smallest absolute Gasteiger partial charge is 0.257 e. The normalized spacial score (nSPS) is 21.8. The third kappa shape index (κ3) is 3.18. The zero-order valence-electron chi connectivity index (χ0n) is 12.6. The fourth-order valence-electron chi connectivity index (χ4n) is 3.14. The van der Waals surface area contributed by atoms with Gasteiger partial charge in [-0.25, -0.2) is 4.98 Å². The highest BCUT2D eigenvalue weighted by atomic mass is 16.5. The quantitative estimate of drug-likeness (QED) is 0.849. The van der Waals surface area contributed by atoms with Crippen molar-refractivity contribution in [1.29, 1.82) is 0 Å². The predicted molar refractivity (Wildman–Crippen MR) is 81.6 cm³/mol. The Morgan fingerprint density at radius 3 is 2.95 bits per heavy atom. The number of amides is 1. The van der Waals surface area contributed by atoms with Crippen LogP contribution in [-0.4, -0.2) is 55.2 Å². The van der Waals surface area contributed by atoms with E-state index >= 15 is 0 Å². The monoisotopic (exact) mass is 289 g/mol. The van der Waals surface area contributed by atoms with Gasteiger partial charge in [-0.05, 0) is 37.8 Å². The highest BCUT2D eigenvalue weighted by Crippen LogP contribution is 2.22. The zero-order chi connectivity index (χ0) is 14.7. The second-order valence-electron chi connectivity index (χ2n) is 5.89. The number of rotatable bonds is 4. The third-order valence-electron chi connectivity index (χ3n) is 4.27. The lowest BCUT2D eigenvalue weighted by atomic mass is 10.2. The average molecular weight is 289 g/mol. The molecule has 1 aromatic rings. The van der Waals surface area contributed by atoms with E-state index in [1.54, 1.807) is 6.20 Å². The van der Waals surface area contributed by atoms with E-state index in [0.29, 0.717) is 5.56 Å². The largest absolute Gasteiger partial charge is 0.376 e. The van der Waals surface area contributed by atoms with Crippen molar-refractivity contribution in [3.8, 4) is 0 Å². The van der Waals surface area contributed by atoms with Crippen LogP contribution >= 0.6 is 0 Å². The van der Waals surface area contributed by atoms with Crippen molar-refractivity contribution in [3.63, 3.8) is 0 Å². The van der Waals surface area contributed by atoms with E-state index in [9.17, 15) is 4.79 Å². The van der Waals surface area contributed by atoms with Gasteiger partial charge in [0.1, 0.15) is 5.82 Å². The number of likely N-dealkylation sites (N-methyl/N-ethyl adjacent to an activating group) is 1. The predicted octanol–water partition coefficient (Wildman–Crippen LogP) is 1.93. The van der Waals surface area contributed by atoms with Gasteiger partial charge in [-0.3, -0.25) is 4.79 Å². The first-order valence-corrected chi connectivity index (χ1v) is 7.83. The Morgan fingerprint density at radius 2 is 2.24 bits per heavy atom. The van der Waals surface area contributed by atoms with Crippen molar-refractivity contribution in [1.82, 2.24) is 9.88 Å². The number of pyridine rings is 1. The lowest BCUT2D eigenvalue weighted by Gasteiger charge is -2.25. The molecule has 21 heavy (non-hydrogen) atoms. The summed E-state index contributed by atoms with van der Waals surface area (Å²) in [4.78, 5) is 21.1. The topological polar surface area (TPSA) is 45.7 Å². The van der Waals surface area contributed by atoms with Crippen LogP contribution in [0.4, 0.5) is 5.82 Å². The summed E-state index contributed by atoms with van der Waals surface area (Å²) in [7, 11) is 1.99. The molecule has 0 aliphatic carbocycles. The molecule has 5 nitrogen and oxygen atoms in total. The lowest BCUT2D eigenvalue weighted by molar-refractivity contribution is 0.0792. The molecule has 114 valence electrons. The summed E-state index contributed by atoms with van der Waals surface area (Å²) >= 11 is 0. The van der Waals surface area contributed by atoms with Gasteiger partial charge in [-0.15, -0.1) is 0 Å². The number of aromatic nitrogens is 1. The molecule has 1 atom stereocenters. The molecule has 2 aliphatic heterocycles. The highest BCUT2D eigenvalue weighted by Gasteiger charge is 2.25. The van der Waals surface area contributed by atoms with Gasteiger partial charge in [0.2, 0.25) is 0 Å². The third-order valence-corrected chi connectivity index (χ3v) is 4.27. The van der Waals surface area contributed by atoms with Crippen molar-refractivity contribution < 1.29 is 9.53 Å². The number of hydrogen-bond acceptors (Lipinski definition) is 4. The van der Waals surface area contributed by atoms with Crippen LogP contribution in [0.1, 0.15) is 36.0 Å². The molecule has 1 unspecified atom stereocenters. The number of nitrogens with zero attached hydrogens (tertiary/aromatic N) is 3. The number of likely N-dealkylation sites (tertiary alicyclic amines) is 1. The van der Waals surface area contributed by atoms with Crippen LogP contribution in [0, 0.1) is 0 Å². The number of ether oxygens (including phenoxy) is 1. The molecule has 0 N–H and O–H groups in total. The number of carbonyl (C=O) groups excluding carboxylic acids is 1. The van der Waals surface area contributed by atoms with Gasteiger partial charge in [0.05, 0.1) is 11.7 Å². The maximum absolute atomic E-state index is 12.6. The molecule has 0 saturated carbocycles. The summed E-state index contributed by atoms with van der Waals surface area (Å²) in [5.41, 5.74) is 0.708. The number of anilines is 1. The van der Waals surface area contributed by atoms with Gasteiger partial charge < -0.3 is 14.5 Å². The van der Waals surface area contributed by atoms with E-state index in [-0.39, 0.29) is 12.0 Å². The summed E-state index contributed by atoms with van der Waals surface area (Å²) in [6, 6.07) is 3.72. The summed E-state index contributed by atoms with van der Waals surface area (Å²) in [5.74, 6) is 0.875. The molecule has 2 saturated heterocycles.